The highest BCUT2D eigenvalue weighted by Gasteiger charge is 2.36. The second kappa shape index (κ2) is 4.50. The lowest BCUT2D eigenvalue weighted by molar-refractivity contribution is -0.00391. The molecule has 0 N–H and O–H groups in total. The summed E-state index contributed by atoms with van der Waals surface area (Å²) in [7, 11) is 0. The number of hydrogen-bond donors (Lipinski definition) is 0. The predicted molar refractivity (Wildman–Crippen MR) is 69.6 cm³/mol. The molecule has 19 heavy (non-hydrogen) atoms. The zero-order valence-corrected chi connectivity index (χ0v) is 10.5. The first-order chi connectivity index (χ1) is 9.16. The molecule has 2 aromatic rings. The van der Waals surface area contributed by atoms with Gasteiger partial charge in [-0.1, -0.05) is 48.0 Å². The van der Waals surface area contributed by atoms with Crippen LogP contribution in [0.25, 0.3) is 0 Å². The van der Waals surface area contributed by atoms with Gasteiger partial charge in [-0.3, -0.25) is 0 Å². The number of fused-ring (bicyclic) bond motifs is 1. The molecule has 0 bridgehead atoms. The molecule has 2 unspecified atom stereocenters. The first-order valence-electron chi connectivity index (χ1n) is 6.17. The maximum Gasteiger partial charge on any atom is 0.339 e. The van der Waals surface area contributed by atoms with Crippen molar-refractivity contribution in [3.8, 4) is 0 Å². The third-order valence-corrected chi connectivity index (χ3v) is 3.35. The van der Waals surface area contributed by atoms with Crippen LogP contribution in [0.1, 0.15) is 39.3 Å². The quantitative estimate of drug-likeness (QED) is 0.723. The summed E-state index contributed by atoms with van der Waals surface area (Å²) >= 11 is 0. The fraction of sp³-hybridized carbons (Fsp3) is 0.188. The Morgan fingerprint density at radius 1 is 1.11 bits per heavy atom. The van der Waals surface area contributed by atoms with Gasteiger partial charge >= 0.3 is 5.97 Å². The molecule has 1 heterocycles. The lowest BCUT2D eigenvalue weighted by atomic mass is 9.92. The zero-order valence-electron chi connectivity index (χ0n) is 10.5. The van der Waals surface area contributed by atoms with Gasteiger partial charge in [0.05, 0.1) is 5.56 Å². The highest BCUT2D eigenvalue weighted by molar-refractivity contribution is 5.92. The normalized spacial score (nSPS) is 21.7. The van der Waals surface area contributed by atoms with E-state index in [1.807, 2.05) is 25.1 Å². The Morgan fingerprint density at radius 2 is 1.89 bits per heavy atom. The number of aryl methyl sites for hydroxylation is 1. The molecule has 3 rings (SSSR count). The second-order valence-corrected chi connectivity index (χ2v) is 4.73. The van der Waals surface area contributed by atoms with E-state index in [0.717, 1.165) is 5.56 Å². The number of ether oxygens (including phenoxy) is 1. The molecule has 0 aromatic heterocycles. The molecule has 0 aliphatic carbocycles. The van der Waals surface area contributed by atoms with Crippen LogP contribution in [0.4, 0.5) is 4.39 Å². The van der Waals surface area contributed by atoms with Crippen molar-refractivity contribution in [1.82, 2.24) is 0 Å². The Morgan fingerprint density at radius 3 is 2.68 bits per heavy atom. The van der Waals surface area contributed by atoms with Crippen molar-refractivity contribution < 1.29 is 13.9 Å². The highest BCUT2D eigenvalue weighted by Crippen LogP contribution is 2.41. The van der Waals surface area contributed by atoms with Crippen LogP contribution in [0.3, 0.4) is 0 Å². The van der Waals surface area contributed by atoms with Crippen molar-refractivity contribution in [3.05, 3.63) is 70.8 Å². The SMILES string of the molecule is Cc1cccc(C2OC(=O)c3ccccc3C2F)c1. The van der Waals surface area contributed by atoms with Crippen LogP contribution in [0.2, 0.25) is 0 Å². The third-order valence-electron chi connectivity index (χ3n) is 3.35. The molecule has 3 heteroatoms. The molecule has 96 valence electrons. The maximum atomic E-state index is 14.6. The number of alkyl halides is 1. The second-order valence-electron chi connectivity index (χ2n) is 4.73. The van der Waals surface area contributed by atoms with Gasteiger partial charge in [-0.25, -0.2) is 9.18 Å². The van der Waals surface area contributed by atoms with E-state index in [4.69, 9.17) is 4.74 Å². The Hall–Kier alpha value is -2.16. The fourth-order valence-corrected chi connectivity index (χ4v) is 2.41. The van der Waals surface area contributed by atoms with Crippen molar-refractivity contribution in [2.75, 3.05) is 0 Å². The van der Waals surface area contributed by atoms with E-state index in [9.17, 15) is 9.18 Å². The summed E-state index contributed by atoms with van der Waals surface area (Å²) in [5, 5.41) is 0. The van der Waals surface area contributed by atoms with Crippen LogP contribution in [-0.2, 0) is 4.74 Å². The summed E-state index contributed by atoms with van der Waals surface area (Å²) in [6.07, 6.45) is -2.18. The van der Waals surface area contributed by atoms with Crippen LogP contribution >= 0.6 is 0 Å². The lowest BCUT2D eigenvalue weighted by Crippen LogP contribution is -2.24. The van der Waals surface area contributed by atoms with Crippen LogP contribution in [0, 0.1) is 6.92 Å². The van der Waals surface area contributed by atoms with E-state index < -0.39 is 18.2 Å². The topological polar surface area (TPSA) is 26.3 Å². The lowest BCUT2D eigenvalue weighted by Gasteiger charge is -2.28. The van der Waals surface area contributed by atoms with Gasteiger partial charge in [-0.2, -0.15) is 0 Å². The average Bonchev–Trinajstić information content (AvgIpc) is 2.43. The van der Waals surface area contributed by atoms with Crippen LogP contribution in [0.5, 0.6) is 0 Å². The van der Waals surface area contributed by atoms with Gasteiger partial charge in [0.1, 0.15) is 0 Å². The maximum absolute atomic E-state index is 14.6. The number of benzene rings is 2. The van der Waals surface area contributed by atoms with Crippen LogP contribution < -0.4 is 0 Å². The van der Waals surface area contributed by atoms with Gasteiger partial charge < -0.3 is 4.74 Å². The minimum Gasteiger partial charge on any atom is -0.450 e. The molecule has 0 amide bonds. The minimum atomic E-state index is -1.32. The van der Waals surface area contributed by atoms with E-state index >= 15 is 0 Å². The molecule has 0 saturated heterocycles. The van der Waals surface area contributed by atoms with E-state index in [2.05, 4.69) is 0 Å². The van der Waals surface area contributed by atoms with Gasteiger partial charge in [-0.15, -0.1) is 0 Å². The third kappa shape index (κ3) is 2.01. The molecular weight excluding hydrogens is 243 g/mol. The van der Waals surface area contributed by atoms with E-state index in [1.54, 1.807) is 30.3 Å². The van der Waals surface area contributed by atoms with Gasteiger partial charge in [0, 0.05) is 5.56 Å². The van der Waals surface area contributed by atoms with Crippen LogP contribution in [0.15, 0.2) is 48.5 Å². The fourth-order valence-electron chi connectivity index (χ4n) is 2.41. The Bertz CT molecular complexity index is 636. The Kier molecular flexibility index (Phi) is 2.82. The molecule has 2 atom stereocenters. The first kappa shape index (κ1) is 11.9. The molecule has 2 nitrogen and oxygen atoms in total. The number of halogens is 1. The Balaban J connectivity index is 2.05. The number of cyclic esters (lactones) is 1. The monoisotopic (exact) mass is 256 g/mol. The molecule has 2 aromatic carbocycles. The number of esters is 1. The number of hydrogen-bond acceptors (Lipinski definition) is 2. The zero-order chi connectivity index (χ0) is 13.4. The van der Waals surface area contributed by atoms with Crippen molar-refractivity contribution in [2.24, 2.45) is 0 Å². The Labute approximate surface area is 110 Å². The van der Waals surface area contributed by atoms with Gasteiger partial charge in [-0.05, 0) is 18.6 Å². The average molecular weight is 256 g/mol. The summed E-state index contributed by atoms with van der Waals surface area (Å²) in [6, 6.07) is 14.1. The minimum absolute atomic E-state index is 0.318. The van der Waals surface area contributed by atoms with Crippen molar-refractivity contribution in [3.63, 3.8) is 0 Å². The van der Waals surface area contributed by atoms with Crippen molar-refractivity contribution in [1.29, 1.82) is 0 Å². The standard InChI is InChI=1S/C16H13FO2/c1-10-5-4-6-11(9-10)15-14(17)12-7-2-3-8-13(12)16(18)19-15/h2-9,14-15H,1H3. The molecular formula is C16H13FO2. The summed E-state index contributed by atoms with van der Waals surface area (Å²) < 4.78 is 19.8. The molecule has 0 fully saturated rings. The molecule has 1 aliphatic rings. The van der Waals surface area contributed by atoms with E-state index in [-0.39, 0.29) is 0 Å². The van der Waals surface area contributed by atoms with Gasteiger partial charge in [0.15, 0.2) is 12.3 Å². The largest absolute Gasteiger partial charge is 0.450 e. The predicted octanol–water partition coefficient (Wildman–Crippen LogP) is 3.92. The summed E-state index contributed by atoms with van der Waals surface area (Å²) in [6.45, 7) is 1.93. The summed E-state index contributed by atoms with van der Waals surface area (Å²) in [4.78, 5) is 11.9. The number of carbonyl (C=O) groups is 1. The van der Waals surface area contributed by atoms with Crippen molar-refractivity contribution >= 4 is 5.97 Å². The summed E-state index contributed by atoms with van der Waals surface area (Å²) in [5.41, 5.74) is 2.43. The molecule has 1 aliphatic heterocycles. The first-order valence-corrected chi connectivity index (χ1v) is 6.17. The van der Waals surface area contributed by atoms with Crippen molar-refractivity contribution in [2.45, 2.75) is 19.2 Å². The highest BCUT2D eigenvalue weighted by atomic mass is 19.1. The number of carbonyl (C=O) groups excluding carboxylic acids is 1. The molecule has 0 spiro atoms. The molecule has 0 radical (unpaired) electrons. The van der Waals surface area contributed by atoms with Gasteiger partial charge in [0.2, 0.25) is 0 Å². The smallest absolute Gasteiger partial charge is 0.339 e. The van der Waals surface area contributed by atoms with E-state index in [1.165, 1.54) is 0 Å². The van der Waals surface area contributed by atoms with E-state index in [0.29, 0.717) is 16.7 Å². The van der Waals surface area contributed by atoms with Crippen LogP contribution in [-0.4, -0.2) is 5.97 Å². The number of rotatable bonds is 1. The van der Waals surface area contributed by atoms with Gasteiger partial charge in [0.25, 0.3) is 0 Å². The summed E-state index contributed by atoms with van der Waals surface area (Å²) in [5.74, 6) is -0.462. The molecule has 0 saturated carbocycles.